The molecule has 5 N–H and O–H groups in total. The van der Waals surface area contributed by atoms with E-state index in [1.165, 1.54) is 36.7 Å². The fourth-order valence-electron chi connectivity index (χ4n) is 2.32. The lowest BCUT2D eigenvalue weighted by Gasteiger charge is -2.19. The zero-order valence-electron chi connectivity index (χ0n) is 13.8. The number of aliphatic hydroxyl groups excluding tert-OH is 1. The predicted octanol–water partition coefficient (Wildman–Crippen LogP) is 1.67. The van der Waals surface area contributed by atoms with Crippen LogP contribution in [0.15, 0.2) is 48.5 Å². The highest BCUT2D eigenvalue weighted by Crippen LogP contribution is 2.20. The Morgan fingerprint density at radius 1 is 0.889 bits per heavy atom. The van der Waals surface area contributed by atoms with Gasteiger partial charge in [-0.3, -0.25) is 14.8 Å². The molecule has 0 aliphatic rings. The molecule has 0 aliphatic heterocycles. The lowest BCUT2D eigenvalue weighted by atomic mass is 10.0. The van der Waals surface area contributed by atoms with Crippen molar-refractivity contribution in [3.05, 3.63) is 59.7 Å². The molecule has 0 bridgehead atoms. The second-order valence-corrected chi connectivity index (χ2v) is 5.63. The molecule has 2 atom stereocenters. The molecule has 27 heavy (non-hydrogen) atoms. The van der Waals surface area contributed by atoms with E-state index in [0.29, 0.717) is 0 Å². The number of benzene rings is 2. The van der Waals surface area contributed by atoms with Gasteiger partial charge in [-0.2, -0.15) is 0 Å². The minimum atomic E-state index is -1.30. The number of rotatable bonds is 6. The Bertz CT molecular complexity index is 800. The van der Waals surface area contributed by atoms with Gasteiger partial charge in [0.15, 0.2) is 0 Å². The molecule has 8 nitrogen and oxygen atoms in total. The third-order valence-corrected chi connectivity index (χ3v) is 3.77. The molecule has 0 heterocycles. The monoisotopic (exact) mass is 374 g/mol. The topological polar surface area (TPSA) is 136 Å². The number of carboxylic acids is 1. The number of carboxylic acid groups (broad SMARTS) is 1. The first-order valence-electron chi connectivity index (χ1n) is 7.70. The van der Waals surface area contributed by atoms with Crippen molar-refractivity contribution < 1.29 is 29.8 Å². The molecule has 2 aromatic rings. The van der Waals surface area contributed by atoms with Crippen molar-refractivity contribution in [2.24, 2.45) is 0 Å². The van der Waals surface area contributed by atoms with Crippen LogP contribution in [0.3, 0.4) is 0 Å². The molecule has 2 amide bonds. The molecule has 8 heteroatoms. The smallest absolute Gasteiger partial charge is 0.335 e. The van der Waals surface area contributed by atoms with Crippen molar-refractivity contribution in [1.82, 2.24) is 10.8 Å². The van der Waals surface area contributed by atoms with Crippen molar-refractivity contribution in [1.29, 1.82) is 0 Å². The number of amides is 2. The Morgan fingerprint density at radius 3 is 1.70 bits per heavy atom. The normalized spacial score (nSPS) is 12.3. The summed E-state index contributed by atoms with van der Waals surface area (Å²) in [6.07, 6.45) is -1.20. The summed E-state index contributed by atoms with van der Waals surface area (Å²) >= 11 is 0. The molecule has 0 aliphatic carbocycles. The summed E-state index contributed by atoms with van der Waals surface area (Å²) in [4.78, 5) is 34.5. The fourth-order valence-corrected chi connectivity index (χ4v) is 2.32. The Hall–Kier alpha value is -3.23. The number of aliphatic hydroxyl groups is 1. The van der Waals surface area contributed by atoms with Gasteiger partial charge in [0.25, 0.3) is 11.8 Å². The van der Waals surface area contributed by atoms with Crippen LogP contribution in [0, 0.1) is 0 Å². The first kappa shape index (κ1) is 21.8. The van der Waals surface area contributed by atoms with Gasteiger partial charge >= 0.3 is 5.97 Å². The molecule has 0 saturated carbocycles. The van der Waals surface area contributed by atoms with Crippen LogP contribution < -0.4 is 10.8 Å². The second-order valence-electron chi connectivity index (χ2n) is 5.63. The summed E-state index contributed by atoms with van der Waals surface area (Å²) in [5, 5.41) is 29.4. The summed E-state index contributed by atoms with van der Waals surface area (Å²) in [6, 6.07) is 11.4. The number of carbonyl (C=O) groups is 3. The summed E-state index contributed by atoms with van der Waals surface area (Å²) in [6.45, 7) is 1.31. The number of nitrogens with one attached hydrogen (secondary N) is 2. The lowest BCUT2D eigenvalue weighted by molar-refractivity contribution is -0.133. The van der Waals surface area contributed by atoms with Gasteiger partial charge < -0.3 is 15.5 Å². The van der Waals surface area contributed by atoms with E-state index in [9.17, 15) is 19.5 Å². The number of hydrogen-bond donors (Lipinski definition) is 5. The quantitative estimate of drug-likeness (QED) is 0.385. The van der Waals surface area contributed by atoms with Crippen LogP contribution in [0.4, 0.5) is 0 Å². The molecule has 144 valence electrons. The van der Waals surface area contributed by atoms with E-state index in [1.807, 2.05) is 0 Å². The number of hydroxylamine groups is 1. The van der Waals surface area contributed by atoms with Crippen LogP contribution in [-0.2, 0) is 4.79 Å². The average molecular weight is 374 g/mol. The first-order chi connectivity index (χ1) is 12.3. The third kappa shape index (κ3) is 5.37. The van der Waals surface area contributed by atoms with Crippen molar-refractivity contribution in [3.8, 4) is 11.1 Å². The minimum Gasteiger partial charge on any atom is -0.478 e. The molecule has 0 spiro atoms. The van der Waals surface area contributed by atoms with E-state index in [4.69, 9.17) is 10.3 Å². The summed E-state index contributed by atoms with van der Waals surface area (Å²) in [7, 11) is 0. The van der Waals surface area contributed by atoms with E-state index in [-0.39, 0.29) is 18.6 Å². The zero-order chi connectivity index (χ0) is 19.3. The van der Waals surface area contributed by atoms with Gasteiger partial charge in [-0.05, 0) is 42.3 Å². The van der Waals surface area contributed by atoms with Gasteiger partial charge in [0.1, 0.15) is 6.04 Å². The van der Waals surface area contributed by atoms with Crippen LogP contribution in [0.25, 0.3) is 11.1 Å². The first-order valence-corrected chi connectivity index (χ1v) is 7.70. The highest BCUT2D eigenvalue weighted by molar-refractivity contribution is 5.98. The van der Waals surface area contributed by atoms with E-state index < -0.39 is 29.9 Å². The van der Waals surface area contributed by atoms with E-state index in [0.717, 1.165) is 11.1 Å². The second kappa shape index (κ2) is 9.46. The molecule has 0 aromatic heterocycles. The van der Waals surface area contributed by atoms with Crippen LogP contribution in [0.2, 0.25) is 0 Å². The fraction of sp³-hybridized carbons (Fsp3) is 0.211. The van der Waals surface area contributed by atoms with Gasteiger partial charge in [-0.15, -0.1) is 0 Å². The molecule has 2 rings (SSSR count). The maximum absolute atomic E-state index is 12.2. The van der Waals surface area contributed by atoms with E-state index in [2.05, 4.69) is 5.32 Å². The number of hydrogen-bond acceptors (Lipinski definition) is 5. The predicted molar refractivity (Wildman–Crippen MR) is 98.4 cm³/mol. The van der Waals surface area contributed by atoms with Crippen LogP contribution in [0.1, 0.15) is 35.1 Å². The molecular weight excluding hydrogens is 352 g/mol. The van der Waals surface area contributed by atoms with Crippen molar-refractivity contribution in [2.75, 3.05) is 0 Å². The van der Waals surface area contributed by atoms with Gasteiger partial charge in [0, 0.05) is 5.56 Å². The highest BCUT2D eigenvalue weighted by Gasteiger charge is 2.25. The Balaban J connectivity index is 0.00000364. The third-order valence-electron chi connectivity index (χ3n) is 3.77. The standard InChI is InChI=1S/C18H18N2O6.CH4/c1-10(21)15(17(23)20-26)19-16(22)13-6-2-11(3-7-13)12-4-8-14(9-5-12)18(24)25;/h2-10,15,21,26H,1H3,(H,19,22)(H,20,23)(H,24,25);1H4/t10-,15+;/m1./s1. The minimum absolute atomic E-state index is 0. The summed E-state index contributed by atoms with van der Waals surface area (Å²) < 4.78 is 0. The lowest BCUT2D eigenvalue weighted by Crippen LogP contribution is -2.51. The highest BCUT2D eigenvalue weighted by atomic mass is 16.5. The molecule has 0 saturated heterocycles. The van der Waals surface area contributed by atoms with Gasteiger partial charge in [0.2, 0.25) is 0 Å². The Morgan fingerprint density at radius 2 is 1.33 bits per heavy atom. The van der Waals surface area contributed by atoms with Crippen LogP contribution >= 0.6 is 0 Å². The van der Waals surface area contributed by atoms with Gasteiger partial charge in [-0.1, -0.05) is 31.7 Å². The van der Waals surface area contributed by atoms with Gasteiger partial charge in [0.05, 0.1) is 11.7 Å². The molecule has 0 radical (unpaired) electrons. The molecule has 0 unspecified atom stereocenters. The Kier molecular flexibility index (Phi) is 7.64. The SMILES string of the molecule is C.C[C@@H](O)[C@H](NC(=O)c1ccc(-c2ccc(C(=O)O)cc2)cc1)C(=O)NO. The van der Waals surface area contributed by atoms with Crippen LogP contribution in [0.5, 0.6) is 0 Å². The van der Waals surface area contributed by atoms with E-state index in [1.54, 1.807) is 24.3 Å². The maximum Gasteiger partial charge on any atom is 0.335 e. The van der Waals surface area contributed by atoms with E-state index >= 15 is 0 Å². The van der Waals surface area contributed by atoms with Gasteiger partial charge in [-0.25, -0.2) is 10.3 Å². The summed E-state index contributed by atoms with van der Waals surface area (Å²) in [5.74, 6) is -2.53. The molecule has 2 aromatic carbocycles. The molecule has 0 fully saturated rings. The average Bonchev–Trinajstić information content (AvgIpc) is 2.65. The van der Waals surface area contributed by atoms with Crippen LogP contribution in [-0.4, -0.2) is 45.3 Å². The largest absolute Gasteiger partial charge is 0.478 e. The molecular formula is C19H22N2O6. The number of carbonyl (C=O) groups excluding carboxylic acids is 2. The van der Waals surface area contributed by atoms with Crippen molar-refractivity contribution >= 4 is 17.8 Å². The van der Waals surface area contributed by atoms with Crippen molar-refractivity contribution in [2.45, 2.75) is 26.5 Å². The zero-order valence-corrected chi connectivity index (χ0v) is 13.8. The number of aromatic carboxylic acids is 1. The summed E-state index contributed by atoms with van der Waals surface area (Å²) in [5.41, 5.74) is 3.38. The Labute approximate surface area is 156 Å². The maximum atomic E-state index is 12.2. The van der Waals surface area contributed by atoms with Crippen molar-refractivity contribution in [3.63, 3.8) is 0 Å².